The first-order chi connectivity index (χ1) is 24.1. The maximum absolute atomic E-state index is 13.2. The number of ether oxygens (including phenoxy) is 6. The predicted octanol–water partition coefficient (Wildman–Crippen LogP) is 2.54. The Kier molecular flexibility index (Phi) is 18.7. The summed E-state index contributed by atoms with van der Waals surface area (Å²) < 4.78 is 38.7. The molecule has 0 bridgehead atoms. The van der Waals surface area contributed by atoms with Crippen molar-refractivity contribution in [3.63, 3.8) is 0 Å². The summed E-state index contributed by atoms with van der Waals surface area (Å²) in [5.74, 6) is -2.70. The molecule has 2 aliphatic rings. The van der Waals surface area contributed by atoms with Gasteiger partial charge in [-0.05, 0) is 51.0 Å². The molecule has 1 saturated heterocycles. The summed E-state index contributed by atoms with van der Waals surface area (Å²) >= 11 is 0. The summed E-state index contributed by atoms with van der Waals surface area (Å²) in [6, 6.07) is 3.54. The molecular formula is C34H53N3O12Si. The number of anilines is 1. The molecule has 0 radical (unpaired) electrons. The second kappa shape index (κ2) is 22.7. The Balaban J connectivity index is 1.11. The number of amides is 5. The molecule has 1 fully saturated rings. The third kappa shape index (κ3) is 15.0. The first-order valence-electron chi connectivity index (χ1n) is 17.3. The Hall–Kier alpha value is -3.09. The van der Waals surface area contributed by atoms with E-state index in [1.807, 2.05) is 0 Å². The van der Waals surface area contributed by atoms with Crippen LogP contribution in [0, 0.1) is 0 Å². The average Bonchev–Trinajstić information content (AvgIpc) is 3.32. The van der Waals surface area contributed by atoms with Crippen LogP contribution in [0.15, 0.2) is 18.2 Å². The zero-order valence-electron chi connectivity index (χ0n) is 29.6. The number of carbonyl (C=O) groups is 5. The quantitative estimate of drug-likeness (QED) is 0.0772. The molecule has 15 nitrogen and oxygen atoms in total. The minimum Gasteiger partial charge on any atom is -0.415 e. The highest BCUT2D eigenvalue weighted by atomic mass is 28.4. The van der Waals surface area contributed by atoms with Crippen LogP contribution in [0.25, 0.3) is 0 Å². The molecule has 2 heterocycles. The third-order valence-corrected chi connectivity index (χ3v) is 8.63. The van der Waals surface area contributed by atoms with Crippen LogP contribution in [0.4, 0.5) is 5.69 Å². The Morgan fingerprint density at radius 2 is 1.28 bits per heavy atom. The van der Waals surface area contributed by atoms with Gasteiger partial charge in [0.15, 0.2) is 8.32 Å². The van der Waals surface area contributed by atoms with E-state index in [-0.39, 0.29) is 42.0 Å². The number of unbranched alkanes of at least 4 members (excludes halogenated alkanes) is 2. The maximum atomic E-state index is 13.2. The average molecular weight is 724 g/mol. The van der Waals surface area contributed by atoms with E-state index in [0.717, 1.165) is 17.7 Å². The van der Waals surface area contributed by atoms with Gasteiger partial charge in [0.2, 0.25) is 17.7 Å². The van der Waals surface area contributed by atoms with Crippen LogP contribution in [-0.2, 0) is 47.2 Å². The van der Waals surface area contributed by atoms with Crippen LogP contribution in [0.1, 0.15) is 59.2 Å². The number of rotatable bonds is 27. The number of carbonyl (C=O) groups excluding carboxylic acids is 5. The lowest BCUT2D eigenvalue weighted by atomic mass is 10.0. The van der Waals surface area contributed by atoms with E-state index in [0.29, 0.717) is 92.3 Å². The van der Waals surface area contributed by atoms with Gasteiger partial charge in [0.05, 0.1) is 96.1 Å². The van der Waals surface area contributed by atoms with Crippen LogP contribution in [0.3, 0.4) is 0 Å². The van der Waals surface area contributed by atoms with Gasteiger partial charge in [-0.1, -0.05) is 12.5 Å². The topological polar surface area (TPSA) is 177 Å². The molecule has 1 aromatic rings. The largest absolute Gasteiger partial charge is 0.415 e. The Morgan fingerprint density at radius 1 is 0.740 bits per heavy atom. The molecule has 1 atom stereocenters. The molecule has 5 amide bonds. The summed E-state index contributed by atoms with van der Waals surface area (Å²) in [6.45, 7) is 13.1. The summed E-state index contributed by atoms with van der Waals surface area (Å²) in [5.41, 5.74) is 0.396. The normalized spacial score (nSPS) is 16.2. The number of fused-ring (bicyclic) bond motifs is 1. The van der Waals surface area contributed by atoms with E-state index in [1.165, 1.54) is 6.07 Å². The van der Waals surface area contributed by atoms with Crippen molar-refractivity contribution in [3.05, 3.63) is 29.3 Å². The molecule has 3 rings (SSSR count). The number of benzene rings is 1. The summed E-state index contributed by atoms with van der Waals surface area (Å²) in [7, 11) is -1.47. The van der Waals surface area contributed by atoms with E-state index in [1.54, 1.807) is 12.1 Å². The number of imide groups is 2. The van der Waals surface area contributed by atoms with Crippen LogP contribution in [-0.4, -0.2) is 135 Å². The van der Waals surface area contributed by atoms with E-state index >= 15 is 0 Å². The van der Waals surface area contributed by atoms with E-state index in [4.69, 9.17) is 32.8 Å². The summed E-state index contributed by atoms with van der Waals surface area (Å²) in [5, 5.41) is 4.90. The molecule has 50 heavy (non-hydrogen) atoms. The molecule has 16 heteroatoms. The van der Waals surface area contributed by atoms with Gasteiger partial charge in [-0.15, -0.1) is 0 Å². The number of nitrogens with zero attached hydrogens (tertiary/aromatic N) is 1. The van der Waals surface area contributed by atoms with Gasteiger partial charge >= 0.3 is 0 Å². The minimum absolute atomic E-state index is 0.0325. The number of piperidine rings is 1. The molecule has 280 valence electrons. The second-order valence-corrected chi connectivity index (χ2v) is 17.2. The summed E-state index contributed by atoms with van der Waals surface area (Å²) in [4.78, 5) is 63.4. The molecule has 0 saturated carbocycles. The third-order valence-electron chi connectivity index (χ3n) is 7.56. The maximum Gasteiger partial charge on any atom is 0.264 e. The van der Waals surface area contributed by atoms with Crippen LogP contribution in [0.2, 0.25) is 19.6 Å². The fraction of sp³-hybridized carbons (Fsp3) is 0.676. The van der Waals surface area contributed by atoms with Gasteiger partial charge in [0, 0.05) is 19.4 Å². The van der Waals surface area contributed by atoms with Gasteiger partial charge < -0.3 is 38.2 Å². The van der Waals surface area contributed by atoms with Crippen molar-refractivity contribution in [2.75, 3.05) is 91.2 Å². The molecular weight excluding hydrogens is 670 g/mol. The van der Waals surface area contributed by atoms with Crippen molar-refractivity contribution < 1.29 is 56.8 Å². The van der Waals surface area contributed by atoms with Crippen molar-refractivity contribution in [2.24, 2.45) is 0 Å². The highest BCUT2D eigenvalue weighted by molar-refractivity contribution is 6.69. The van der Waals surface area contributed by atoms with Crippen LogP contribution < -0.4 is 10.6 Å². The molecule has 1 unspecified atom stereocenters. The molecule has 0 aromatic heterocycles. The lowest BCUT2D eigenvalue weighted by Gasteiger charge is -2.27. The van der Waals surface area contributed by atoms with E-state index in [2.05, 4.69) is 30.3 Å². The molecule has 0 aliphatic carbocycles. The number of hydrogen-bond donors (Lipinski definition) is 2. The monoisotopic (exact) mass is 723 g/mol. The van der Waals surface area contributed by atoms with Crippen LogP contribution >= 0.6 is 0 Å². The molecule has 2 aliphatic heterocycles. The second-order valence-electron chi connectivity index (χ2n) is 12.7. The lowest BCUT2D eigenvalue weighted by molar-refractivity contribution is -0.136. The van der Waals surface area contributed by atoms with Gasteiger partial charge in [0.25, 0.3) is 11.8 Å². The van der Waals surface area contributed by atoms with E-state index < -0.39 is 38.0 Å². The van der Waals surface area contributed by atoms with Crippen molar-refractivity contribution in [3.8, 4) is 0 Å². The highest BCUT2D eigenvalue weighted by Gasteiger charge is 2.45. The van der Waals surface area contributed by atoms with E-state index in [9.17, 15) is 24.0 Å². The number of hydrogen-bond acceptors (Lipinski definition) is 12. The fourth-order valence-electron chi connectivity index (χ4n) is 5.11. The highest BCUT2D eigenvalue weighted by Crippen LogP contribution is 2.32. The Morgan fingerprint density at radius 3 is 1.82 bits per heavy atom. The zero-order valence-corrected chi connectivity index (χ0v) is 30.6. The number of nitrogens with one attached hydrogen (secondary N) is 2. The fourth-order valence-corrected chi connectivity index (χ4v) is 5.80. The van der Waals surface area contributed by atoms with Crippen molar-refractivity contribution >= 4 is 43.5 Å². The molecule has 1 aromatic carbocycles. The lowest BCUT2D eigenvalue weighted by Crippen LogP contribution is -2.54. The molecule has 0 spiro atoms. The standard InChI is InChI=1S/C34H53N3O12Si/c1-50(2,3)49-25-24-48-23-22-47-21-20-46-19-18-45-17-16-44-15-14-43-13-6-4-5-10-29(38)35-27-9-7-8-26-31(27)34(42)37(33(26)41)28-11-12-30(39)36-32(28)40/h7-9,28H,4-6,10-25H2,1-3H3,(H,35,38)(H,36,39,40). The van der Waals surface area contributed by atoms with Crippen LogP contribution in [0.5, 0.6) is 0 Å². The van der Waals surface area contributed by atoms with Crippen molar-refractivity contribution in [2.45, 2.75) is 64.2 Å². The first-order valence-corrected chi connectivity index (χ1v) is 20.7. The van der Waals surface area contributed by atoms with Crippen molar-refractivity contribution in [1.29, 1.82) is 0 Å². The first kappa shape index (κ1) is 41.3. The Bertz CT molecular complexity index is 1260. The smallest absolute Gasteiger partial charge is 0.264 e. The van der Waals surface area contributed by atoms with Gasteiger partial charge in [0.1, 0.15) is 6.04 Å². The predicted molar refractivity (Wildman–Crippen MR) is 184 cm³/mol. The van der Waals surface area contributed by atoms with Gasteiger partial charge in [-0.3, -0.25) is 34.2 Å². The minimum atomic E-state index is -1.47. The van der Waals surface area contributed by atoms with Gasteiger partial charge in [-0.25, -0.2) is 0 Å². The zero-order chi connectivity index (χ0) is 36.2. The SMILES string of the molecule is C[Si](C)(C)OCCOCCOCCOCCOCCOCCOCCCCCC(=O)Nc1cccc2c1C(=O)N(C1CCC(=O)NC1=O)C2=O. The van der Waals surface area contributed by atoms with Gasteiger partial charge in [-0.2, -0.15) is 0 Å². The molecule has 2 N–H and O–H groups in total. The Labute approximate surface area is 295 Å². The van der Waals surface area contributed by atoms with Crippen molar-refractivity contribution in [1.82, 2.24) is 10.2 Å². The summed E-state index contributed by atoms with van der Waals surface area (Å²) in [6.07, 6.45) is 2.49.